The van der Waals surface area contributed by atoms with Crippen LogP contribution in [0.1, 0.15) is 30.7 Å². The molecular weight excluding hydrogens is 430 g/mol. The smallest absolute Gasteiger partial charge is 0.341 e. The Morgan fingerprint density at radius 2 is 1.85 bits per heavy atom. The van der Waals surface area contributed by atoms with Crippen molar-refractivity contribution in [3.8, 4) is 5.75 Å². The monoisotopic (exact) mass is 453 g/mol. The highest BCUT2D eigenvalue weighted by atomic mass is 16.5. The number of para-hydroxylation sites is 1. The summed E-state index contributed by atoms with van der Waals surface area (Å²) in [6.07, 6.45) is 0. The van der Waals surface area contributed by atoms with Crippen LogP contribution in [0.2, 0.25) is 0 Å². The second-order valence-corrected chi connectivity index (χ2v) is 7.55. The largest absolute Gasteiger partial charge is 0.465 e. The first kappa shape index (κ1) is 22.1. The van der Waals surface area contributed by atoms with E-state index in [1.807, 2.05) is 0 Å². The Bertz CT molecular complexity index is 1260. The topological polar surface area (TPSA) is 141 Å². The maximum absolute atomic E-state index is 14.2. The number of pyridine rings is 1. The van der Waals surface area contributed by atoms with Crippen LogP contribution in [0.5, 0.6) is 5.75 Å². The molecule has 10 heteroatoms. The van der Waals surface area contributed by atoms with Crippen molar-refractivity contribution in [3.63, 3.8) is 0 Å². The molecule has 4 rings (SSSR count). The number of carbonyl (C=O) groups excluding carboxylic acids is 3. The molecule has 0 bridgehead atoms. The van der Waals surface area contributed by atoms with E-state index in [1.54, 1.807) is 45.0 Å². The average molecular weight is 453 g/mol. The second-order valence-electron chi connectivity index (χ2n) is 7.55. The highest BCUT2D eigenvalue weighted by Crippen LogP contribution is 2.54. The Hall–Kier alpha value is -4.08. The maximum Gasteiger partial charge on any atom is 0.341 e. The molecule has 0 aliphatic carbocycles. The van der Waals surface area contributed by atoms with Crippen LogP contribution in [0, 0.1) is 6.92 Å². The van der Waals surface area contributed by atoms with Crippen molar-refractivity contribution in [3.05, 3.63) is 69.0 Å². The Kier molecular flexibility index (Phi) is 5.44. The van der Waals surface area contributed by atoms with E-state index < -0.39 is 35.4 Å². The number of ether oxygens (including phenoxy) is 3. The predicted molar refractivity (Wildman–Crippen MR) is 116 cm³/mol. The lowest BCUT2D eigenvalue weighted by atomic mass is 9.68. The summed E-state index contributed by atoms with van der Waals surface area (Å²) in [6.45, 7) is 4.62. The van der Waals surface area contributed by atoms with Gasteiger partial charge in [0.05, 0.1) is 18.8 Å². The summed E-state index contributed by atoms with van der Waals surface area (Å²) in [5.41, 5.74) is 4.30. The van der Waals surface area contributed by atoms with Crippen LogP contribution in [0.3, 0.4) is 0 Å². The highest BCUT2D eigenvalue weighted by molar-refractivity contribution is 6.19. The molecule has 1 aromatic carbocycles. The number of H-pyrrole nitrogens is 1. The van der Waals surface area contributed by atoms with Crippen LogP contribution < -0.4 is 20.9 Å². The number of nitrogens with one attached hydrogen (secondary N) is 1. The van der Waals surface area contributed by atoms with Crippen molar-refractivity contribution in [2.75, 3.05) is 24.7 Å². The van der Waals surface area contributed by atoms with Crippen LogP contribution >= 0.6 is 0 Å². The van der Waals surface area contributed by atoms with E-state index in [2.05, 4.69) is 4.98 Å². The molecule has 3 N–H and O–H groups in total. The zero-order valence-electron chi connectivity index (χ0n) is 18.4. The Labute approximate surface area is 188 Å². The fourth-order valence-corrected chi connectivity index (χ4v) is 4.46. The van der Waals surface area contributed by atoms with E-state index >= 15 is 0 Å². The van der Waals surface area contributed by atoms with Gasteiger partial charge in [0.25, 0.3) is 5.56 Å². The Morgan fingerprint density at radius 3 is 2.55 bits per heavy atom. The number of benzene rings is 1. The van der Waals surface area contributed by atoms with Gasteiger partial charge < -0.3 is 24.9 Å². The first-order valence-corrected chi connectivity index (χ1v) is 10.4. The van der Waals surface area contributed by atoms with Crippen LogP contribution in [0.4, 0.5) is 5.69 Å². The zero-order chi connectivity index (χ0) is 23.9. The van der Waals surface area contributed by atoms with Gasteiger partial charge in [-0.1, -0.05) is 18.2 Å². The van der Waals surface area contributed by atoms with Crippen LogP contribution in [0.25, 0.3) is 0 Å². The number of nitrogens with zero attached hydrogens (tertiary/aromatic N) is 1. The molecular formula is C23H23N3O7. The summed E-state index contributed by atoms with van der Waals surface area (Å²) in [6, 6.07) is 8.10. The normalized spacial score (nSPS) is 18.6. The van der Waals surface area contributed by atoms with Gasteiger partial charge in [0.15, 0.2) is 0 Å². The molecule has 33 heavy (non-hydrogen) atoms. The number of esters is 2. The molecule has 3 heterocycles. The number of nitrogens with two attached hydrogens (primary N) is 1. The van der Waals surface area contributed by atoms with Crippen LogP contribution in [-0.2, 0) is 29.3 Å². The molecule has 0 saturated carbocycles. The molecule has 1 spiro atoms. The van der Waals surface area contributed by atoms with E-state index in [9.17, 15) is 19.2 Å². The molecule has 1 aromatic heterocycles. The standard InChI is InChI=1S/C23H23N3O7/c1-4-31-16(27)11-26-14-9-7-6-8-13(14)23(22(26)30)17-15(10-12(3)25-20(17)28)33-19(24)18(23)21(29)32-5-2/h6-10H,4-5,11,24H2,1-3H3,(H,25,28)/t23-/m0/s1. The van der Waals surface area contributed by atoms with E-state index in [4.69, 9.17) is 19.9 Å². The summed E-state index contributed by atoms with van der Waals surface area (Å²) in [7, 11) is 0. The minimum atomic E-state index is -1.96. The number of hydrogen-bond acceptors (Lipinski definition) is 8. The van der Waals surface area contributed by atoms with Gasteiger partial charge in [-0.3, -0.25) is 19.3 Å². The number of fused-ring (bicyclic) bond motifs is 4. The highest BCUT2D eigenvalue weighted by Gasteiger charge is 2.62. The molecule has 0 unspecified atom stereocenters. The number of carbonyl (C=O) groups is 3. The third kappa shape index (κ3) is 3.17. The second kappa shape index (κ2) is 8.12. The van der Waals surface area contributed by atoms with Crippen molar-refractivity contribution < 1.29 is 28.6 Å². The van der Waals surface area contributed by atoms with Gasteiger partial charge in [-0.05, 0) is 26.8 Å². The first-order valence-electron chi connectivity index (χ1n) is 10.4. The molecule has 1 amide bonds. The summed E-state index contributed by atoms with van der Waals surface area (Å²) in [5.74, 6) is -2.56. The van der Waals surface area contributed by atoms with E-state index in [1.165, 1.54) is 11.0 Å². The first-order chi connectivity index (χ1) is 15.8. The van der Waals surface area contributed by atoms with Crippen LogP contribution in [-0.4, -0.2) is 42.6 Å². The van der Waals surface area contributed by atoms with Gasteiger partial charge in [-0.2, -0.15) is 0 Å². The van der Waals surface area contributed by atoms with E-state index in [0.29, 0.717) is 16.9 Å². The van der Waals surface area contributed by atoms with Crippen molar-refractivity contribution in [1.29, 1.82) is 0 Å². The number of anilines is 1. The van der Waals surface area contributed by atoms with Crippen molar-refractivity contribution in [1.82, 2.24) is 4.98 Å². The molecule has 0 saturated heterocycles. The lowest BCUT2D eigenvalue weighted by Gasteiger charge is -2.35. The molecule has 2 aromatic rings. The lowest BCUT2D eigenvalue weighted by Crippen LogP contribution is -2.52. The van der Waals surface area contributed by atoms with Crippen molar-refractivity contribution in [2.24, 2.45) is 5.73 Å². The summed E-state index contributed by atoms with van der Waals surface area (Å²) >= 11 is 0. The van der Waals surface area contributed by atoms with Crippen molar-refractivity contribution in [2.45, 2.75) is 26.2 Å². The third-order valence-corrected chi connectivity index (χ3v) is 5.58. The minimum Gasteiger partial charge on any atom is -0.465 e. The number of aromatic amines is 1. The number of rotatable bonds is 5. The molecule has 1 atom stereocenters. The quantitative estimate of drug-likeness (QED) is 0.639. The zero-order valence-corrected chi connectivity index (χ0v) is 18.4. The molecule has 10 nitrogen and oxygen atoms in total. The summed E-state index contributed by atoms with van der Waals surface area (Å²) in [5, 5.41) is 0. The lowest BCUT2D eigenvalue weighted by molar-refractivity contribution is -0.142. The Morgan fingerprint density at radius 1 is 1.15 bits per heavy atom. The number of hydrogen-bond donors (Lipinski definition) is 2. The Balaban J connectivity index is 2.08. The number of aryl methyl sites for hydroxylation is 1. The summed E-state index contributed by atoms with van der Waals surface area (Å²) in [4.78, 5) is 56.7. The van der Waals surface area contributed by atoms with E-state index in [0.717, 1.165) is 0 Å². The average Bonchev–Trinajstić information content (AvgIpc) is 2.97. The van der Waals surface area contributed by atoms with Gasteiger partial charge in [0, 0.05) is 23.0 Å². The van der Waals surface area contributed by atoms with Crippen molar-refractivity contribution >= 4 is 23.5 Å². The molecule has 172 valence electrons. The summed E-state index contributed by atoms with van der Waals surface area (Å²) < 4.78 is 15.9. The van der Waals surface area contributed by atoms with Gasteiger partial charge in [0.2, 0.25) is 11.8 Å². The molecule has 2 aliphatic rings. The maximum atomic E-state index is 14.2. The number of aromatic nitrogens is 1. The molecule has 0 radical (unpaired) electrons. The fourth-order valence-electron chi connectivity index (χ4n) is 4.46. The SMILES string of the molecule is CCOC(=O)CN1C(=O)[C@@]2(C(C(=O)OCC)=C(N)Oc3cc(C)[nH]c(=O)c32)c2ccccc21. The molecule has 0 fully saturated rings. The van der Waals surface area contributed by atoms with E-state index in [-0.39, 0.29) is 36.0 Å². The van der Waals surface area contributed by atoms with Gasteiger partial charge in [-0.15, -0.1) is 0 Å². The van der Waals surface area contributed by atoms with Crippen LogP contribution in [0.15, 0.2) is 46.6 Å². The minimum absolute atomic E-state index is 0.00514. The van der Waals surface area contributed by atoms with Gasteiger partial charge in [0.1, 0.15) is 23.3 Å². The van der Waals surface area contributed by atoms with Gasteiger partial charge in [-0.25, -0.2) is 4.79 Å². The van der Waals surface area contributed by atoms with Gasteiger partial charge >= 0.3 is 11.9 Å². The third-order valence-electron chi connectivity index (χ3n) is 5.58. The fraction of sp³-hybridized carbons (Fsp3) is 0.304. The predicted octanol–water partition coefficient (Wildman–Crippen LogP) is 1.00. The number of amides is 1. The molecule has 2 aliphatic heterocycles.